The predicted molar refractivity (Wildman–Crippen MR) is 108 cm³/mol. The molecular formula is C22H30N2O3. The summed E-state index contributed by atoms with van der Waals surface area (Å²) in [5.74, 6) is 2.46. The first-order valence-corrected chi connectivity index (χ1v) is 9.67. The third-order valence-electron chi connectivity index (χ3n) is 4.97. The van der Waals surface area contributed by atoms with Gasteiger partial charge in [0.25, 0.3) is 0 Å². The maximum atomic E-state index is 5.76. The molecule has 1 aliphatic heterocycles. The smallest absolute Gasteiger partial charge is 0.165 e. The van der Waals surface area contributed by atoms with E-state index in [-0.39, 0.29) is 6.04 Å². The molecule has 1 unspecified atom stereocenters. The molecule has 1 N–H and O–H groups in total. The molecule has 0 saturated carbocycles. The highest BCUT2D eigenvalue weighted by molar-refractivity contribution is 5.51. The molecule has 2 aromatic rings. The van der Waals surface area contributed by atoms with Crippen molar-refractivity contribution in [1.82, 2.24) is 10.2 Å². The number of rotatable bonds is 7. The quantitative estimate of drug-likeness (QED) is 0.808. The van der Waals surface area contributed by atoms with Crippen LogP contribution in [0.1, 0.15) is 30.5 Å². The molecule has 1 atom stereocenters. The van der Waals surface area contributed by atoms with Gasteiger partial charge in [-0.05, 0) is 43.7 Å². The molecule has 0 radical (unpaired) electrons. The molecular weight excluding hydrogens is 340 g/mol. The van der Waals surface area contributed by atoms with Crippen LogP contribution in [-0.4, -0.2) is 51.9 Å². The second-order valence-electron chi connectivity index (χ2n) is 6.63. The van der Waals surface area contributed by atoms with Crippen molar-refractivity contribution in [2.75, 3.05) is 47.0 Å². The minimum Gasteiger partial charge on any atom is -0.494 e. The third-order valence-corrected chi connectivity index (χ3v) is 4.97. The summed E-state index contributed by atoms with van der Waals surface area (Å²) in [6.07, 6.45) is 1.12. The minimum atomic E-state index is 0.102. The molecule has 0 bridgehead atoms. The minimum absolute atomic E-state index is 0.102. The monoisotopic (exact) mass is 370 g/mol. The Bertz CT molecular complexity index is 710. The number of benzene rings is 2. The van der Waals surface area contributed by atoms with Crippen LogP contribution in [0.5, 0.6) is 17.2 Å². The van der Waals surface area contributed by atoms with Crippen LogP contribution in [0, 0.1) is 0 Å². The Morgan fingerprint density at radius 2 is 1.81 bits per heavy atom. The van der Waals surface area contributed by atoms with Crippen LogP contribution in [-0.2, 0) is 0 Å². The maximum absolute atomic E-state index is 5.76. The summed E-state index contributed by atoms with van der Waals surface area (Å²) in [5, 5.41) is 3.49. The van der Waals surface area contributed by atoms with Crippen LogP contribution >= 0.6 is 0 Å². The highest BCUT2D eigenvalue weighted by Gasteiger charge is 2.27. The zero-order valence-electron chi connectivity index (χ0n) is 16.5. The van der Waals surface area contributed by atoms with E-state index in [1.54, 1.807) is 14.2 Å². The van der Waals surface area contributed by atoms with Crippen molar-refractivity contribution in [1.29, 1.82) is 0 Å². The third kappa shape index (κ3) is 4.54. The summed E-state index contributed by atoms with van der Waals surface area (Å²) >= 11 is 0. The summed E-state index contributed by atoms with van der Waals surface area (Å²) in [6, 6.07) is 14.6. The number of nitrogens with one attached hydrogen (secondary N) is 1. The number of hydrogen-bond acceptors (Lipinski definition) is 5. The molecule has 3 rings (SSSR count). The molecule has 146 valence electrons. The Kier molecular flexibility index (Phi) is 6.96. The van der Waals surface area contributed by atoms with Crippen molar-refractivity contribution in [2.24, 2.45) is 0 Å². The summed E-state index contributed by atoms with van der Waals surface area (Å²) in [5.41, 5.74) is 2.36. The molecule has 1 heterocycles. The van der Waals surface area contributed by atoms with Crippen LogP contribution in [0.2, 0.25) is 0 Å². The average molecular weight is 370 g/mol. The second-order valence-corrected chi connectivity index (χ2v) is 6.63. The van der Waals surface area contributed by atoms with Gasteiger partial charge in [-0.2, -0.15) is 0 Å². The SMILES string of the molecule is CCOc1ccc(C(c2cccc(OC)c2OC)N2CCCNCC2)cc1. The van der Waals surface area contributed by atoms with E-state index in [1.165, 1.54) is 5.56 Å². The highest BCUT2D eigenvalue weighted by atomic mass is 16.5. The molecule has 1 saturated heterocycles. The lowest BCUT2D eigenvalue weighted by Gasteiger charge is -2.32. The van der Waals surface area contributed by atoms with Gasteiger partial charge in [0, 0.05) is 25.2 Å². The molecule has 5 nitrogen and oxygen atoms in total. The number of para-hydroxylation sites is 1. The largest absolute Gasteiger partial charge is 0.494 e. The van der Waals surface area contributed by atoms with E-state index < -0.39 is 0 Å². The summed E-state index contributed by atoms with van der Waals surface area (Å²) in [7, 11) is 3.39. The zero-order valence-corrected chi connectivity index (χ0v) is 16.5. The van der Waals surface area contributed by atoms with E-state index in [0.29, 0.717) is 6.61 Å². The molecule has 1 aliphatic rings. The van der Waals surface area contributed by atoms with Crippen LogP contribution in [0.3, 0.4) is 0 Å². The lowest BCUT2D eigenvalue weighted by atomic mass is 9.95. The Labute approximate surface area is 162 Å². The molecule has 1 fully saturated rings. The van der Waals surface area contributed by atoms with Gasteiger partial charge in [-0.25, -0.2) is 0 Å². The van der Waals surface area contributed by atoms with Crippen molar-refractivity contribution >= 4 is 0 Å². The van der Waals surface area contributed by atoms with Gasteiger partial charge < -0.3 is 19.5 Å². The number of methoxy groups -OCH3 is 2. The number of ether oxygens (including phenoxy) is 3. The van der Waals surface area contributed by atoms with Gasteiger partial charge in [-0.1, -0.05) is 24.3 Å². The Hall–Kier alpha value is -2.24. The van der Waals surface area contributed by atoms with Gasteiger partial charge in [0.2, 0.25) is 0 Å². The first kappa shape index (κ1) is 19.5. The second kappa shape index (κ2) is 9.62. The standard InChI is InChI=1S/C22H30N2O3/c1-4-27-18-11-9-17(10-12-18)21(24-15-6-13-23-14-16-24)19-7-5-8-20(25-2)22(19)26-3/h5,7-12,21,23H,4,6,13-16H2,1-3H3. The fourth-order valence-electron chi connectivity index (χ4n) is 3.75. The van der Waals surface area contributed by atoms with Gasteiger partial charge in [-0.3, -0.25) is 4.90 Å². The van der Waals surface area contributed by atoms with Crippen molar-refractivity contribution in [2.45, 2.75) is 19.4 Å². The van der Waals surface area contributed by atoms with Gasteiger partial charge in [0.05, 0.1) is 26.9 Å². The lowest BCUT2D eigenvalue weighted by molar-refractivity contribution is 0.234. The normalized spacial score (nSPS) is 16.4. The summed E-state index contributed by atoms with van der Waals surface area (Å²) in [4.78, 5) is 2.52. The Morgan fingerprint density at radius 1 is 1.00 bits per heavy atom. The molecule has 0 spiro atoms. The van der Waals surface area contributed by atoms with Crippen molar-refractivity contribution in [3.8, 4) is 17.2 Å². The molecule has 0 aliphatic carbocycles. The van der Waals surface area contributed by atoms with Crippen molar-refractivity contribution < 1.29 is 14.2 Å². The summed E-state index contributed by atoms with van der Waals surface area (Å²) < 4.78 is 16.9. The van der Waals surface area contributed by atoms with E-state index in [4.69, 9.17) is 14.2 Å². The van der Waals surface area contributed by atoms with Crippen LogP contribution < -0.4 is 19.5 Å². The topological polar surface area (TPSA) is 43.0 Å². The maximum Gasteiger partial charge on any atom is 0.165 e. The zero-order chi connectivity index (χ0) is 19.1. The number of nitrogens with zero attached hydrogens (tertiary/aromatic N) is 1. The Morgan fingerprint density at radius 3 is 2.52 bits per heavy atom. The van der Waals surface area contributed by atoms with Crippen LogP contribution in [0.4, 0.5) is 0 Å². The lowest BCUT2D eigenvalue weighted by Crippen LogP contribution is -2.33. The van der Waals surface area contributed by atoms with E-state index >= 15 is 0 Å². The average Bonchev–Trinajstić information content (AvgIpc) is 2.99. The molecule has 0 aromatic heterocycles. The van der Waals surface area contributed by atoms with Gasteiger partial charge in [0.1, 0.15) is 5.75 Å². The fraction of sp³-hybridized carbons (Fsp3) is 0.455. The first-order chi connectivity index (χ1) is 13.3. The molecule has 2 aromatic carbocycles. The first-order valence-electron chi connectivity index (χ1n) is 9.67. The van der Waals surface area contributed by atoms with E-state index in [2.05, 4.69) is 40.5 Å². The molecule has 27 heavy (non-hydrogen) atoms. The van der Waals surface area contributed by atoms with E-state index in [9.17, 15) is 0 Å². The van der Waals surface area contributed by atoms with Crippen LogP contribution in [0.15, 0.2) is 42.5 Å². The van der Waals surface area contributed by atoms with Gasteiger partial charge >= 0.3 is 0 Å². The highest BCUT2D eigenvalue weighted by Crippen LogP contribution is 2.40. The Balaban J connectivity index is 2.04. The number of hydrogen-bond donors (Lipinski definition) is 1. The van der Waals surface area contributed by atoms with E-state index in [1.807, 2.05) is 19.1 Å². The predicted octanol–water partition coefficient (Wildman–Crippen LogP) is 3.49. The van der Waals surface area contributed by atoms with E-state index in [0.717, 1.165) is 55.4 Å². The summed E-state index contributed by atoms with van der Waals surface area (Å²) in [6.45, 7) is 6.73. The van der Waals surface area contributed by atoms with Crippen molar-refractivity contribution in [3.63, 3.8) is 0 Å². The molecule has 0 amide bonds. The van der Waals surface area contributed by atoms with Gasteiger partial charge in [-0.15, -0.1) is 0 Å². The fourth-order valence-corrected chi connectivity index (χ4v) is 3.75. The molecule has 5 heteroatoms. The van der Waals surface area contributed by atoms with Crippen molar-refractivity contribution in [3.05, 3.63) is 53.6 Å². The van der Waals surface area contributed by atoms with Crippen LogP contribution in [0.25, 0.3) is 0 Å². The van der Waals surface area contributed by atoms with Gasteiger partial charge in [0.15, 0.2) is 11.5 Å².